The first-order valence-electron chi connectivity index (χ1n) is 6.57. The third-order valence-corrected chi connectivity index (χ3v) is 4.30. The Balaban J connectivity index is 2.04. The van der Waals surface area contributed by atoms with E-state index in [1.165, 1.54) is 5.69 Å². The summed E-state index contributed by atoms with van der Waals surface area (Å²) in [5.74, 6) is 0. The van der Waals surface area contributed by atoms with Crippen LogP contribution in [0.25, 0.3) is 0 Å². The largest absolute Gasteiger partial charge is 0.389 e. The van der Waals surface area contributed by atoms with Crippen LogP contribution in [-0.4, -0.2) is 30.8 Å². The van der Waals surface area contributed by atoms with E-state index in [-0.39, 0.29) is 0 Å². The van der Waals surface area contributed by atoms with Crippen LogP contribution in [0, 0.1) is 0 Å². The summed E-state index contributed by atoms with van der Waals surface area (Å²) >= 11 is 8.54. The predicted octanol–water partition coefficient (Wildman–Crippen LogP) is 3.09. The molecule has 1 aromatic rings. The van der Waals surface area contributed by atoms with Gasteiger partial charge in [0.2, 0.25) is 0 Å². The Hall–Kier alpha value is -0.650. The fraction of sp³-hybridized carbons (Fsp3) is 0.500. The summed E-state index contributed by atoms with van der Waals surface area (Å²) in [6, 6.07) is 6.16. The summed E-state index contributed by atoms with van der Waals surface area (Å²) in [5.41, 5.74) is 7.77. The van der Waals surface area contributed by atoms with Gasteiger partial charge in [-0.15, -0.1) is 0 Å². The summed E-state index contributed by atoms with van der Waals surface area (Å²) in [4.78, 5) is 2.80. The quantitative estimate of drug-likeness (QED) is 0.853. The molecule has 0 atom stereocenters. The lowest BCUT2D eigenvalue weighted by atomic mass is 10.1. The molecule has 5 heteroatoms. The van der Waals surface area contributed by atoms with E-state index in [1.807, 2.05) is 6.07 Å². The summed E-state index contributed by atoms with van der Waals surface area (Å²) in [7, 11) is 0. The van der Waals surface area contributed by atoms with Gasteiger partial charge in [-0.3, -0.25) is 0 Å². The lowest BCUT2D eigenvalue weighted by Gasteiger charge is -2.33. The molecule has 1 aromatic carbocycles. The number of halogens is 1. The number of nitrogens with zero attached hydrogens (tertiary/aromatic N) is 1. The van der Waals surface area contributed by atoms with Gasteiger partial charge in [0, 0.05) is 35.4 Å². The minimum Gasteiger partial charge on any atom is -0.389 e. The Morgan fingerprint density at radius 3 is 2.68 bits per heavy atom. The lowest BCUT2D eigenvalue weighted by molar-refractivity contribution is 0.0459. The van der Waals surface area contributed by atoms with Crippen molar-refractivity contribution in [1.29, 1.82) is 0 Å². The van der Waals surface area contributed by atoms with Crippen LogP contribution in [0.15, 0.2) is 22.7 Å². The number of piperidine rings is 1. The first kappa shape index (κ1) is 14.8. The Morgan fingerprint density at radius 1 is 1.47 bits per heavy atom. The van der Waals surface area contributed by atoms with Gasteiger partial charge in [0.1, 0.15) is 4.99 Å². The van der Waals surface area contributed by atoms with Crippen molar-refractivity contribution < 1.29 is 4.74 Å². The number of thiocarbonyl (C=S) groups is 1. The summed E-state index contributed by atoms with van der Waals surface area (Å²) < 4.78 is 6.63. The maximum absolute atomic E-state index is 5.67. The van der Waals surface area contributed by atoms with Gasteiger partial charge in [-0.25, -0.2) is 0 Å². The molecule has 0 saturated carbocycles. The molecule has 1 aliphatic rings. The number of hydrogen-bond acceptors (Lipinski definition) is 3. The molecule has 0 spiro atoms. The first-order valence-corrected chi connectivity index (χ1v) is 7.78. The topological polar surface area (TPSA) is 38.5 Å². The molecule has 1 fully saturated rings. The normalized spacial score (nSPS) is 16.6. The molecule has 0 bridgehead atoms. The molecule has 0 aromatic heterocycles. The predicted molar refractivity (Wildman–Crippen MR) is 86.9 cm³/mol. The molecular weight excluding hydrogens is 324 g/mol. The average Bonchev–Trinajstić information content (AvgIpc) is 2.39. The molecule has 104 valence electrons. The van der Waals surface area contributed by atoms with Crippen molar-refractivity contribution in [3.05, 3.63) is 28.2 Å². The zero-order valence-electron chi connectivity index (χ0n) is 11.1. The van der Waals surface area contributed by atoms with Gasteiger partial charge in [0.15, 0.2) is 0 Å². The first-order chi connectivity index (χ1) is 9.11. The zero-order valence-corrected chi connectivity index (χ0v) is 13.5. The fourth-order valence-electron chi connectivity index (χ4n) is 2.42. The molecule has 0 amide bonds. The molecule has 3 nitrogen and oxygen atoms in total. The second-order valence-electron chi connectivity index (χ2n) is 4.67. The monoisotopic (exact) mass is 342 g/mol. The zero-order chi connectivity index (χ0) is 13.8. The van der Waals surface area contributed by atoms with Crippen molar-refractivity contribution in [1.82, 2.24) is 0 Å². The van der Waals surface area contributed by atoms with E-state index in [9.17, 15) is 0 Å². The molecule has 0 unspecified atom stereocenters. The molecule has 19 heavy (non-hydrogen) atoms. The van der Waals surface area contributed by atoms with Crippen LogP contribution in [0.3, 0.4) is 0 Å². The number of nitrogens with two attached hydrogens (primary N) is 1. The van der Waals surface area contributed by atoms with E-state index in [1.54, 1.807) is 0 Å². The van der Waals surface area contributed by atoms with E-state index in [4.69, 9.17) is 22.7 Å². The Labute approximate surface area is 128 Å². The summed E-state index contributed by atoms with van der Waals surface area (Å²) in [5, 5.41) is 0. The average molecular weight is 343 g/mol. The van der Waals surface area contributed by atoms with E-state index in [0.29, 0.717) is 11.1 Å². The number of hydrogen-bond donors (Lipinski definition) is 1. The number of benzene rings is 1. The van der Waals surface area contributed by atoms with Crippen molar-refractivity contribution >= 4 is 38.8 Å². The molecule has 1 heterocycles. The second-order valence-corrected chi connectivity index (χ2v) is 5.96. The molecule has 0 radical (unpaired) electrons. The highest BCUT2D eigenvalue weighted by Crippen LogP contribution is 2.27. The van der Waals surface area contributed by atoms with Crippen molar-refractivity contribution in [2.24, 2.45) is 5.73 Å². The molecular formula is C14H19BrN2OS. The highest BCUT2D eigenvalue weighted by atomic mass is 79.9. The van der Waals surface area contributed by atoms with Gasteiger partial charge in [-0.2, -0.15) is 0 Å². The van der Waals surface area contributed by atoms with E-state index in [2.05, 4.69) is 39.9 Å². The smallest absolute Gasteiger partial charge is 0.105 e. The van der Waals surface area contributed by atoms with Gasteiger partial charge in [-0.1, -0.05) is 12.2 Å². The molecule has 0 aliphatic carbocycles. The van der Waals surface area contributed by atoms with Crippen LogP contribution in [0.5, 0.6) is 0 Å². The van der Waals surface area contributed by atoms with Gasteiger partial charge in [0.25, 0.3) is 0 Å². The Morgan fingerprint density at radius 2 is 2.16 bits per heavy atom. The van der Waals surface area contributed by atoms with Crippen LogP contribution in [0.1, 0.15) is 25.3 Å². The Bertz CT molecular complexity index is 459. The molecule has 2 N–H and O–H groups in total. The van der Waals surface area contributed by atoms with Crippen LogP contribution in [-0.2, 0) is 4.74 Å². The highest BCUT2D eigenvalue weighted by Gasteiger charge is 2.20. The van der Waals surface area contributed by atoms with Gasteiger partial charge in [-0.05, 0) is 53.9 Å². The fourth-order valence-corrected chi connectivity index (χ4v) is 3.31. The number of ether oxygens (including phenoxy) is 1. The standard InChI is InChI=1S/C14H19BrN2OS/c1-2-18-11-5-7-17(8-6-11)10-3-4-12(14(16)19)13(15)9-10/h3-4,9,11H,2,5-8H2,1H3,(H2,16,19). The molecule has 1 aliphatic heterocycles. The van der Waals surface area contributed by atoms with Gasteiger partial charge in [0.05, 0.1) is 6.10 Å². The third kappa shape index (κ3) is 3.68. The van der Waals surface area contributed by atoms with Crippen LogP contribution in [0.4, 0.5) is 5.69 Å². The molecule has 1 saturated heterocycles. The van der Waals surface area contributed by atoms with E-state index < -0.39 is 0 Å². The minimum absolute atomic E-state index is 0.417. The lowest BCUT2D eigenvalue weighted by Crippen LogP contribution is -2.37. The minimum atomic E-state index is 0.417. The maximum Gasteiger partial charge on any atom is 0.105 e. The van der Waals surface area contributed by atoms with Crippen molar-refractivity contribution in [2.75, 3.05) is 24.6 Å². The van der Waals surface area contributed by atoms with E-state index in [0.717, 1.165) is 42.6 Å². The van der Waals surface area contributed by atoms with Crippen molar-refractivity contribution in [3.63, 3.8) is 0 Å². The SMILES string of the molecule is CCOC1CCN(c2ccc(C(N)=S)c(Br)c2)CC1. The Kier molecular flexibility index (Phi) is 5.19. The summed E-state index contributed by atoms with van der Waals surface area (Å²) in [6.07, 6.45) is 2.59. The third-order valence-electron chi connectivity index (χ3n) is 3.43. The molecule has 2 rings (SSSR count). The van der Waals surface area contributed by atoms with Gasteiger partial charge < -0.3 is 15.4 Å². The number of anilines is 1. The van der Waals surface area contributed by atoms with Crippen molar-refractivity contribution in [2.45, 2.75) is 25.9 Å². The highest BCUT2D eigenvalue weighted by molar-refractivity contribution is 9.10. The number of rotatable bonds is 4. The van der Waals surface area contributed by atoms with E-state index >= 15 is 0 Å². The summed E-state index contributed by atoms with van der Waals surface area (Å²) in [6.45, 7) is 4.92. The van der Waals surface area contributed by atoms with Crippen molar-refractivity contribution in [3.8, 4) is 0 Å². The van der Waals surface area contributed by atoms with Crippen LogP contribution in [0.2, 0.25) is 0 Å². The van der Waals surface area contributed by atoms with Crippen LogP contribution < -0.4 is 10.6 Å². The van der Waals surface area contributed by atoms with Gasteiger partial charge >= 0.3 is 0 Å². The van der Waals surface area contributed by atoms with Crippen LogP contribution >= 0.6 is 28.1 Å². The second kappa shape index (κ2) is 6.68. The maximum atomic E-state index is 5.67.